The molecule has 57 heavy (non-hydrogen) atoms. The Morgan fingerprint density at radius 1 is 0.333 bits per heavy atom. The minimum absolute atomic E-state index is 0.121. The van der Waals surface area contributed by atoms with Gasteiger partial charge in [0, 0.05) is 50.4 Å². The third kappa shape index (κ3) is 5.72. The summed E-state index contributed by atoms with van der Waals surface area (Å²) in [5, 5.41) is 9.93. The Bertz CT molecular complexity index is 3040. The molecule has 9 aromatic carbocycles. The molecular weight excluding hydrogens is 693 g/mol. The van der Waals surface area contributed by atoms with Gasteiger partial charge in [0.2, 0.25) is 0 Å². The van der Waals surface area contributed by atoms with Crippen molar-refractivity contribution in [2.24, 2.45) is 0 Å². The zero-order chi connectivity index (χ0) is 39.1. The van der Waals surface area contributed by atoms with Crippen LogP contribution in [0.25, 0.3) is 54.3 Å². The Hall–Kier alpha value is -6.58. The molecule has 0 radical (unpaired) electrons. The number of anilines is 6. The van der Waals surface area contributed by atoms with Crippen molar-refractivity contribution in [3.8, 4) is 0 Å². The summed E-state index contributed by atoms with van der Waals surface area (Å²) in [5.74, 6) is 0. The maximum Gasteiger partial charge on any atom is 0.137 e. The number of nitrogens with zero attached hydrogens (tertiary/aromatic N) is 2. The second kappa shape index (κ2) is 13.0. The van der Waals surface area contributed by atoms with E-state index in [4.69, 9.17) is 4.42 Å². The standard InChI is InChI=1S/C54H46N2O/c1-53(2,3)45-33-43-47(55(35-18-10-7-11-19-35)36-20-12-8-13-21-36)30-28-41-46(54(4,5)6)34-44-48(31-29-42(45)52(44)51(41)43)56(37-22-14-9-15-23-37)38-26-27-40-39-24-16-17-25-49(39)57-50(40)32-38/h7-34H,1-6H3. The van der Waals surface area contributed by atoms with Crippen molar-refractivity contribution in [1.29, 1.82) is 0 Å². The van der Waals surface area contributed by atoms with Crippen LogP contribution in [0.1, 0.15) is 52.7 Å². The van der Waals surface area contributed by atoms with E-state index in [0.29, 0.717) is 0 Å². The molecule has 0 aliphatic carbocycles. The van der Waals surface area contributed by atoms with E-state index in [-0.39, 0.29) is 10.8 Å². The largest absolute Gasteiger partial charge is 0.456 e. The lowest BCUT2D eigenvalue weighted by atomic mass is 9.76. The van der Waals surface area contributed by atoms with Gasteiger partial charge in [-0.2, -0.15) is 0 Å². The van der Waals surface area contributed by atoms with Crippen molar-refractivity contribution in [2.45, 2.75) is 52.4 Å². The predicted octanol–water partition coefficient (Wildman–Crippen LogP) is 16.0. The van der Waals surface area contributed by atoms with Crippen molar-refractivity contribution in [3.63, 3.8) is 0 Å². The van der Waals surface area contributed by atoms with E-state index in [0.717, 1.165) is 50.4 Å². The van der Waals surface area contributed by atoms with Crippen molar-refractivity contribution in [2.75, 3.05) is 9.80 Å². The van der Waals surface area contributed by atoms with Gasteiger partial charge in [-0.3, -0.25) is 0 Å². The molecule has 3 heteroatoms. The Morgan fingerprint density at radius 2 is 0.737 bits per heavy atom. The molecule has 0 aliphatic rings. The van der Waals surface area contributed by atoms with Gasteiger partial charge in [-0.1, -0.05) is 126 Å². The summed E-state index contributed by atoms with van der Waals surface area (Å²) < 4.78 is 6.49. The lowest BCUT2D eigenvalue weighted by molar-refractivity contribution is 0.595. The number of benzene rings is 9. The molecule has 0 bridgehead atoms. The van der Waals surface area contributed by atoms with Crippen LogP contribution < -0.4 is 9.80 Å². The number of para-hydroxylation sites is 4. The van der Waals surface area contributed by atoms with Crippen LogP contribution >= 0.6 is 0 Å². The predicted molar refractivity (Wildman–Crippen MR) is 244 cm³/mol. The van der Waals surface area contributed by atoms with Gasteiger partial charge in [0.1, 0.15) is 11.2 Å². The molecule has 3 nitrogen and oxygen atoms in total. The van der Waals surface area contributed by atoms with E-state index >= 15 is 0 Å². The van der Waals surface area contributed by atoms with Gasteiger partial charge >= 0.3 is 0 Å². The Morgan fingerprint density at radius 3 is 1.21 bits per heavy atom. The summed E-state index contributed by atoms with van der Waals surface area (Å²) in [6.07, 6.45) is 0. The van der Waals surface area contributed by atoms with Crippen molar-refractivity contribution < 1.29 is 4.42 Å². The van der Waals surface area contributed by atoms with Gasteiger partial charge in [-0.05, 0) is 122 Å². The molecule has 0 fully saturated rings. The average Bonchev–Trinajstić information content (AvgIpc) is 3.59. The third-order valence-corrected chi connectivity index (χ3v) is 11.6. The molecule has 0 saturated carbocycles. The maximum absolute atomic E-state index is 6.49. The molecule has 0 amide bonds. The molecule has 278 valence electrons. The van der Waals surface area contributed by atoms with Crippen LogP contribution in [0.2, 0.25) is 0 Å². The van der Waals surface area contributed by atoms with E-state index in [2.05, 4.69) is 215 Å². The number of hydrogen-bond donors (Lipinski definition) is 0. The van der Waals surface area contributed by atoms with Crippen LogP contribution in [0.4, 0.5) is 34.1 Å². The summed E-state index contributed by atoms with van der Waals surface area (Å²) in [6.45, 7) is 14.1. The molecular formula is C54H46N2O. The highest BCUT2D eigenvalue weighted by molar-refractivity contribution is 6.30. The molecule has 0 unspecified atom stereocenters. The van der Waals surface area contributed by atoms with Crippen molar-refractivity contribution in [3.05, 3.63) is 181 Å². The smallest absolute Gasteiger partial charge is 0.137 e. The van der Waals surface area contributed by atoms with E-state index in [9.17, 15) is 0 Å². The maximum atomic E-state index is 6.49. The molecule has 10 aromatic rings. The van der Waals surface area contributed by atoms with Crippen LogP contribution in [0.15, 0.2) is 174 Å². The molecule has 0 atom stereocenters. The number of furan rings is 1. The van der Waals surface area contributed by atoms with Crippen LogP contribution in [-0.4, -0.2) is 0 Å². The highest BCUT2D eigenvalue weighted by Gasteiger charge is 2.29. The Kier molecular flexibility index (Phi) is 7.95. The molecule has 10 rings (SSSR count). The SMILES string of the molecule is CC(C)(C)c1cc2c(N(c3ccccc3)c3ccc4c(c3)oc3ccccc34)ccc3c(C(C)(C)C)cc4c(N(c5ccccc5)c5ccccc5)ccc1c4c23. The van der Waals surface area contributed by atoms with Gasteiger partial charge in [0.25, 0.3) is 0 Å². The summed E-state index contributed by atoms with van der Waals surface area (Å²) in [7, 11) is 0. The monoisotopic (exact) mass is 738 g/mol. The molecule has 1 heterocycles. The fourth-order valence-corrected chi connectivity index (χ4v) is 9.01. The molecule has 0 saturated heterocycles. The fourth-order valence-electron chi connectivity index (χ4n) is 9.01. The third-order valence-electron chi connectivity index (χ3n) is 11.6. The lowest BCUT2D eigenvalue weighted by Crippen LogP contribution is -2.17. The lowest BCUT2D eigenvalue weighted by Gasteiger charge is -2.33. The van der Waals surface area contributed by atoms with Crippen molar-refractivity contribution >= 4 is 88.4 Å². The normalized spacial score (nSPS) is 12.4. The van der Waals surface area contributed by atoms with E-state index < -0.39 is 0 Å². The van der Waals surface area contributed by atoms with E-state index in [1.165, 1.54) is 49.1 Å². The van der Waals surface area contributed by atoms with Gasteiger partial charge in [0.05, 0.1) is 11.4 Å². The average molecular weight is 739 g/mol. The van der Waals surface area contributed by atoms with E-state index in [1.807, 2.05) is 6.07 Å². The van der Waals surface area contributed by atoms with Crippen molar-refractivity contribution in [1.82, 2.24) is 0 Å². The summed E-state index contributed by atoms with van der Waals surface area (Å²) in [6, 6.07) is 61.8. The second-order valence-electron chi connectivity index (χ2n) is 17.4. The summed E-state index contributed by atoms with van der Waals surface area (Å²) in [5.41, 5.74) is 10.9. The minimum atomic E-state index is -0.127. The van der Waals surface area contributed by atoms with Gasteiger partial charge in [-0.15, -0.1) is 0 Å². The van der Waals surface area contributed by atoms with Crippen LogP contribution in [0, 0.1) is 0 Å². The van der Waals surface area contributed by atoms with Crippen LogP contribution in [0.3, 0.4) is 0 Å². The van der Waals surface area contributed by atoms with Gasteiger partial charge in [0.15, 0.2) is 0 Å². The summed E-state index contributed by atoms with van der Waals surface area (Å²) in [4.78, 5) is 4.84. The summed E-state index contributed by atoms with van der Waals surface area (Å²) >= 11 is 0. The first-order chi connectivity index (χ1) is 27.6. The Labute approximate surface area is 334 Å². The quantitative estimate of drug-likeness (QED) is 0.158. The highest BCUT2D eigenvalue weighted by atomic mass is 16.3. The van der Waals surface area contributed by atoms with Gasteiger partial charge in [-0.25, -0.2) is 0 Å². The number of rotatable bonds is 6. The molecule has 0 aliphatic heterocycles. The fraction of sp³-hybridized carbons (Fsp3) is 0.148. The molecule has 0 N–H and O–H groups in total. The first-order valence-corrected chi connectivity index (χ1v) is 20.0. The van der Waals surface area contributed by atoms with Crippen LogP contribution in [-0.2, 0) is 10.8 Å². The van der Waals surface area contributed by atoms with E-state index in [1.54, 1.807) is 0 Å². The van der Waals surface area contributed by atoms with Gasteiger partial charge < -0.3 is 14.2 Å². The first-order valence-electron chi connectivity index (χ1n) is 20.0. The Balaban J connectivity index is 1.34. The topological polar surface area (TPSA) is 19.6 Å². The number of fused-ring (bicyclic) bond motifs is 3. The number of hydrogen-bond acceptors (Lipinski definition) is 3. The highest BCUT2D eigenvalue weighted by Crippen LogP contribution is 2.52. The zero-order valence-corrected chi connectivity index (χ0v) is 33.5. The minimum Gasteiger partial charge on any atom is -0.456 e. The van der Waals surface area contributed by atoms with Crippen LogP contribution in [0.5, 0.6) is 0 Å². The molecule has 0 spiro atoms. The second-order valence-corrected chi connectivity index (χ2v) is 17.4. The first kappa shape index (κ1) is 34.9. The zero-order valence-electron chi connectivity index (χ0n) is 33.5. The molecule has 1 aromatic heterocycles.